The highest BCUT2D eigenvalue weighted by Crippen LogP contribution is 2.29. The second-order valence-corrected chi connectivity index (χ2v) is 8.46. The molecule has 156 valence electrons. The van der Waals surface area contributed by atoms with E-state index in [4.69, 9.17) is 9.72 Å². The van der Waals surface area contributed by atoms with Crippen molar-refractivity contribution >= 4 is 38.1 Å². The van der Waals surface area contributed by atoms with Gasteiger partial charge in [0, 0.05) is 17.1 Å². The van der Waals surface area contributed by atoms with Gasteiger partial charge in [0.2, 0.25) is 0 Å². The van der Waals surface area contributed by atoms with E-state index < -0.39 is 0 Å². The number of benzene rings is 2. The standard InChI is InChI=1S/C25H29N3OS/c1-4-7-20(5-2)28(21-10-12-24-25(15-21)30-17-26-24)16-19-9-8-18-14-22(29-6-3)11-13-23(18)27-19/h8-15,17,20H,4-7,16H2,1-3H3. The maximum atomic E-state index is 5.63. The molecular weight excluding hydrogens is 390 g/mol. The summed E-state index contributed by atoms with van der Waals surface area (Å²) in [6.07, 6.45) is 3.45. The van der Waals surface area contributed by atoms with Gasteiger partial charge in [0.1, 0.15) is 5.75 Å². The van der Waals surface area contributed by atoms with Crippen molar-refractivity contribution in [3.8, 4) is 5.75 Å². The van der Waals surface area contributed by atoms with E-state index in [0.717, 1.165) is 40.8 Å². The second-order valence-electron chi connectivity index (χ2n) is 7.57. The zero-order chi connectivity index (χ0) is 20.9. The summed E-state index contributed by atoms with van der Waals surface area (Å²) in [7, 11) is 0. The van der Waals surface area contributed by atoms with Crippen molar-refractivity contribution in [3.05, 3.63) is 59.7 Å². The molecule has 5 heteroatoms. The van der Waals surface area contributed by atoms with Crippen LogP contribution in [0.15, 0.2) is 54.0 Å². The number of ether oxygens (including phenoxy) is 1. The third-order valence-electron chi connectivity index (χ3n) is 5.54. The SMILES string of the molecule is CCCC(CC)N(Cc1ccc2cc(OCC)ccc2n1)c1ccc2ncsc2c1. The van der Waals surface area contributed by atoms with E-state index >= 15 is 0 Å². The Bertz CT molecular complexity index is 1120. The van der Waals surface area contributed by atoms with Crippen LogP contribution < -0.4 is 9.64 Å². The minimum atomic E-state index is 0.484. The molecule has 4 aromatic rings. The predicted molar refractivity (Wildman–Crippen MR) is 128 cm³/mol. The molecule has 0 aliphatic rings. The van der Waals surface area contributed by atoms with Crippen LogP contribution in [0.2, 0.25) is 0 Å². The fourth-order valence-corrected chi connectivity index (χ4v) is 4.74. The Balaban J connectivity index is 1.67. The third kappa shape index (κ3) is 4.41. The smallest absolute Gasteiger partial charge is 0.120 e. The number of aromatic nitrogens is 2. The topological polar surface area (TPSA) is 38.2 Å². The highest BCUT2D eigenvalue weighted by Gasteiger charge is 2.19. The maximum Gasteiger partial charge on any atom is 0.120 e. The van der Waals surface area contributed by atoms with Crippen LogP contribution in [-0.2, 0) is 6.54 Å². The van der Waals surface area contributed by atoms with Crippen LogP contribution in [0.25, 0.3) is 21.1 Å². The summed E-state index contributed by atoms with van der Waals surface area (Å²) in [4.78, 5) is 11.9. The third-order valence-corrected chi connectivity index (χ3v) is 6.33. The summed E-state index contributed by atoms with van der Waals surface area (Å²) in [5.41, 5.74) is 6.34. The van der Waals surface area contributed by atoms with Crippen molar-refractivity contribution in [2.24, 2.45) is 0 Å². The minimum absolute atomic E-state index is 0.484. The summed E-state index contributed by atoms with van der Waals surface area (Å²) < 4.78 is 6.86. The Morgan fingerprint density at radius 1 is 1.00 bits per heavy atom. The molecule has 0 amide bonds. The van der Waals surface area contributed by atoms with E-state index in [9.17, 15) is 0 Å². The molecule has 0 spiro atoms. The lowest BCUT2D eigenvalue weighted by atomic mass is 10.1. The van der Waals surface area contributed by atoms with E-state index in [1.54, 1.807) is 11.3 Å². The summed E-state index contributed by atoms with van der Waals surface area (Å²) in [6, 6.07) is 17.5. The van der Waals surface area contributed by atoms with Crippen LogP contribution in [-0.4, -0.2) is 22.6 Å². The number of hydrogen-bond acceptors (Lipinski definition) is 5. The van der Waals surface area contributed by atoms with Gasteiger partial charge in [0.25, 0.3) is 0 Å². The Kier molecular flexibility index (Phi) is 6.48. The maximum absolute atomic E-state index is 5.63. The van der Waals surface area contributed by atoms with Crippen LogP contribution in [0.3, 0.4) is 0 Å². The Hall–Kier alpha value is -2.66. The van der Waals surface area contributed by atoms with Crippen molar-refractivity contribution in [3.63, 3.8) is 0 Å². The largest absolute Gasteiger partial charge is 0.494 e. The molecule has 0 N–H and O–H groups in total. The zero-order valence-electron chi connectivity index (χ0n) is 18.0. The van der Waals surface area contributed by atoms with E-state index in [1.165, 1.54) is 23.2 Å². The molecule has 0 saturated heterocycles. The van der Waals surface area contributed by atoms with E-state index in [2.05, 4.69) is 66.2 Å². The zero-order valence-corrected chi connectivity index (χ0v) is 18.8. The number of fused-ring (bicyclic) bond motifs is 2. The highest BCUT2D eigenvalue weighted by molar-refractivity contribution is 7.16. The average Bonchev–Trinajstić information content (AvgIpc) is 3.24. The molecule has 2 aromatic carbocycles. The molecule has 0 saturated carbocycles. The summed E-state index contributed by atoms with van der Waals surface area (Å²) in [5, 5.41) is 1.11. The Morgan fingerprint density at radius 3 is 2.67 bits per heavy atom. The summed E-state index contributed by atoms with van der Waals surface area (Å²) in [5.74, 6) is 0.896. The molecule has 1 atom stereocenters. The molecule has 4 rings (SSSR count). The van der Waals surface area contributed by atoms with Crippen LogP contribution in [0.1, 0.15) is 45.7 Å². The summed E-state index contributed by atoms with van der Waals surface area (Å²) >= 11 is 1.70. The minimum Gasteiger partial charge on any atom is -0.494 e. The van der Waals surface area contributed by atoms with Gasteiger partial charge in [-0.25, -0.2) is 4.98 Å². The number of rotatable bonds is 9. The van der Waals surface area contributed by atoms with Gasteiger partial charge in [-0.15, -0.1) is 11.3 Å². The molecule has 4 nitrogen and oxygen atoms in total. The normalized spacial score (nSPS) is 12.4. The van der Waals surface area contributed by atoms with E-state index in [0.29, 0.717) is 12.6 Å². The van der Waals surface area contributed by atoms with Crippen molar-refractivity contribution in [1.82, 2.24) is 9.97 Å². The van der Waals surface area contributed by atoms with Crippen LogP contribution in [0, 0.1) is 0 Å². The van der Waals surface area contributed by atoms with Crippen molar-refractivity contribution in [1.29, 1.82) is 0 Å². The van der Waals surface area contributed by atoms with E-state index in [1.807, 2.05) is 18.5 Å². The monoisotopic (exact) mass is 419 g/mol. The number of hydrogen-bond donors (Lipinski definition) is 0. The Morgan fingerprint density at radius 2 is 1.87 bits per heavy atom. The first-order valence-electron chi connectivity index (χ1n) is 10.8. The van der Waals surface area contributed by atoms with Gasteiger partial charge in [-0.3, -0.25) is 4.98 Å². The molecule has 0 radical (unpaired) electrons. The molecule has 0 bridgehead atoms. The summed E-state index contributed by atoms with van der Waals surface area (Å²) in [6.45, 7) is 8.02. The lowest BCUT2D eigenvalue weighted by molar-refractivity contribution is 0.340. The molecule has 2 heterocycles. The van der Waals surface area contributed by atoms with Gasteiger partial charge >= 0.3 is 0 Å². The molecule has 1 unspecified atom stereocenters. The Labute approximate surface area is 182 Å². The lowest BCUT2D eigenvalue weighted by Gasteiger charge is -2.33. The van der Waals surface area contributed by atoms with Crippen molar-refractivity contribution in [2.45, 2.75) is 52.6 Å². The molecule has 0 fully saturated rings. The number of anilines is 1. The first kappa shape index (κ1) is 20.6. The quantitative estimate of drug-likeness (QED) is 0.298. The number of thiazole rings is 1. The van der Waals surface area contributed by atoms with Gasteiger partial charge in [0.15, 0.2) is 0 Å². The molecule has 2 aromatic heterocycles. The number of nitrogens with zero attached hydrogens (tertiary/aromatic N) is 3. The first-order valence-corrected chi connectivity index (χ1v) is 11.7. The van der Waals surface area contributed by atoms with Crippen LogP contribution >= 0.6 is 11.3 Å². The fraction of sp³-hybridized carbons (Fsp3) is 0.360. The second kappa shape index (κ2) is 9.43. The van der Waals surface area contributed by atoms with Gasteiger partial charge in [-0.1, -0.05) is 26.3 Å². The molecule has 30 heavy (non-hydrogen) atoms. The number of pyridine rings is 1. The lowest BCUT2D eigenvalue weighted by Crippen LogP contribution is -2.34. The van der Waals surface area contributed by atoms with Crippen molar-refractivity contribution < 1.29 is 4.74 Å². The molecule has 0 aliphatic carbocycles. The van der Waals surface area contributed by atoms with Gasteiger partial charge in [-0.05, 0) is 62.2 Å². The predicted octanol–water partition coefficient (Wildman–Crippen LogP) is 6.83. The van der Waals surface area contributed by atoms with Gasteiger partial charge in [-0.2, -0.15) is 0 Å². The fourth-order valence-electron chi connectivity index (χ4n) is 4.03. The van der Waals surface area contributed by atoms with Gasteiger partial charge < -0.3 is 9.64 Å². The first-order chi connectivity index (χ1) is 14.7. The van der Waals surface area contributed by atoms with Gasteiger partial charge in [0.05, 0.1) is 40.1 Å². The molecular formula is C25H29N3OS. The average molecular weight is 420 g/mol. The molecule has 0 aliphatic heterocycles. The highest BCUT2D eigenvalue weighted by atomic mass is 32.1. The van der Waals surface area contributed by atoms with Crippen LogP contribution in [0.4, 0.5) is 5.69 Å². The van der Waals surface area contributed by atoms with Crippen LogP contribution in [0.5, 0.6) is 5.75 Å². The van der Waals surface area contributed by atoms with Crippen molar-refractivity contribution in [2.75, 3.05) is 11.5 Å². The van der Waals surface area contributed by atoms with E-state index in [-0.39, 0.29) is 0 Å².